The summed E-state index contributed by atoms with van der Waals surface area (Å²) in [4.78, 5) is 16.4. The molecule has 2 aromatic rings. The topological polar surface area (TPSA) is 63.2 Å². The minimum absolute atomic E-state index is 0.276. The van der Waals surface area contributed by atoms with Crippen LogP contribution in [0.5, 0.6) is 5.75 Å². The molecule has 0 fully saturated rings. The van der Waals surface area contributed by atoms with E-state index in [1.165, 1.54) is 0 Å². The van der Waals surface area contributed by atoms with Crippen LogP contribution in [0.2, 0.25) is 0 Å². The molecule has 0 atom stereocenters. The molecule has 0 spiro atoms. The molecule has 0 saturated heterocycles. The highest BCUT2D eigenvalue weighted by Crippen LogP contribution is 2.24. The third-order valence-electron chi connectivity index (χ3n) is 2.88. The zero-order valence-corrected chi connectivity index (χ0v) is 12.5. The first-order chi connectivity index (χ1) is 10.7. The number of rotatable bonds is 7. The van der Waals surface area contributed by atoms with Crippen LogP contribution < -0.4 is 15.4 Å². The van der Waals surface area contributed by atoms with Gasteiger partial charge in [0, 0.05) is 6.54 Å². The number of anilines is 2. The van der Waals surface area contributed by atoms with Gasteiger partial charge in [0.1, 0.15) is 11.4 Å². The maximum Gasteiger partial charge on any atom is 0.274 e. The van der Waals surface area contributed by atoms with E-state index in [1.807, 2.05) is 25.1 Å². The van der Waals surface area contributed by atoms with Crippen LogP contribution >= 0.6 is 0 Å². The average Bonchev–Trinajstić information content (AvgIpc) is 2.55. The fraction of sp³-hybridized carbons (Fsp3) is 0.176. The standard InChI is InChI=1S/C17H19N3O2/c1-3-11-18-13-9-10-15(19-12-13)17(21)20-14-7-5-6-8-16(14)22-4-2/h3,5-10,12,18H,1,4,11H2,2H3,(H,20,21). The summed E-state index contributed by atoms with van der Waals surface area (Å²) < 4.78 is 5.48. The predicted octanol–water partition coefficient (Wildman–Crippen LogP) is 3.33. The van der Waals surface area contributed by atoms with Crippen LogP contribution in [0.25, 0.3) is 0 Å². The highest BCUT2D eigenvalue weighted by atomic mass is 16.5. The van der Waals surface area contributed by atoms with Gasteiger partial charge in [-0.05, 0) is 31.2 Å². The number of carbonyl (C=O) groups excluding carboxylic acids is 1. The van der Waals surface area contributed by atoms with Crippen molar-refractivity contribution in [2.45, 2.75) is 6.92 Å². The Bertz CT molecular complexity index is 639. The van der Waals surface area contributed by atoms with Crippen molar-refractivity contribution in [2.24, 2.45) is 0 Å². The van der Waals surface area contributed by atoms with Gasteiger partial charge in [-0.1, -0.05) is 18.2 Å². The predicted molar refractivity (Wildman–Crippen MR) is 88.5 cm³/mol. The largest absolute Gasteiger partial charge is 0.492 e. The smallest absolute Gasteiger partial charge is 0.274 e. The number of nitrogens with zero attached hydrogens (tertiary/aromatic N) is 1. The summed E-state index contributed by atoms with van der Waals surface area (Å²) in [5, 5.41) is 5.91. The van der Waals surface area contributed by atoms with Crippen LogP contribution in [0.15, 0.2) is 55.3 Å². The molecule has 1 aromatic heterocycles. The molecule has 0 aliphatic rings. The Morgan fingerprint density at radius 1 is 1.32 bits per heavy atom. The normalized spacial score (nSPS) is 9.86. The van der Waals surface area contributed by atoms with Crippen LogP contribution in [0, 0.1) is 0 Å². The zero-order chi connectivity index (χ0) is 15.8. The van der Waals surface area contributed by atoms with Gasteiger partial charge in [0.25, 0.3) is 5.91 Å². The molecule has 1 amide bonds. The number of nitrogens with one attached hydrogen (secondary N) is 2. The molecular formula is C17H19N3O2. The maximum atomic E-state index is 12.2. The third kappa shape index (κ3) is 4.09. The van der Waals surface area contributed by atoms with Crippen molar-refractivity contribution in [3.63, 3.8) is 0 Å². The zero-order valence-electron chi connectivity index (χ0n) is 12.5. The lowest BCUT2D eigenvalue weighted by atomic mass is 10.2. The summed E-state index contributed by atoms with van der Waals surface area (Å²) in [6.07, 6.45) is 3.37. The minimum Gasteiger partial charge on any atom is -0.492 e. The summed E-state index contributed by atoms with van der Waals surface area (Å²) in [6.45, 7) is 6.72. The van der Waals surface area contributed by atoms with Gasteiger partial charge in [0.05, 0.1) is 24.2 Å². The van der Waals surface area contributed by atoms with Gasteiger partial charge in [-0.15, -0.1) is 6.58 Å². The monoisotopic (exact) mass is 297 g/mol. The number of para-hydroxylation sites is 2. The molecule has 0 radical (unpaired) electrons. The summed E-state index contributed by atoms with van der Waals surface area (Å²) in [5.41, 5.74) is 1.81. The molecular weight excluding hydrogens is 278 g/mol. The second-order valence-corrected chi connectivity index (χ2v) is 4.48. The number of pyridine rings is 1. The van der Waals surface area contributed by atoms with Crippen LogP contribution in [0.4, 0.5) is 11.4 Å². The number of benzene rings is 1. The number of hydrogen-bond donors (Lipinski definition) is 2. The molecule has 0 aliphatic heterocycles. The van der Waals surface area contributed by atoms with Crippen molar-refractivity contribution in [3.05, 3.63) is 60.9 Å². The first-order valence-corrected chi connectivity index (χ1v) is 7.08. The van der Waals surface area contributed by atoms with Crippen LogP contribution in [-0.4, -0.2) is 24.0 Å². The highest BCUT2D eigenvalue weighted by molar-refractivity contribution is 6.03. The molecule has 5 nitrogen and oxygen atoms in total. The van der Waals surface area contributed by atoms with E-state index in [-0.39, 0.29) is 5.91 Å². The van der Waals surface area contributed by atoms with E-state index in [9.17, 15) is 4.79 Å². The van der Waals surface area contributed by atoms with Crippen molar-refractivity contribution in [3.8, 4) is 5.75 Å². The van der Waals surface area contributed by atoms with Crippen molar-refractivity contribution in [1.29, 1.82) is 0 Å². The first kappa shape index (κ1) is 15.6. The van der Waals surface area contributed by atoms with Gasteiger partial charge in [-0.25, -0.2) is 4.98 Å². The fourth-order valence-electron chi connectivity index (χ4n) is 1.86. The Balaban J connectivity index is 2.07. The van der Waals surface area contributed by atoms with Crippen molar-refractivity contribution in [2.75, 3.05) is 23.8 Å². The van der Waals surface area contributed by atoms with Gasteiger partial charge in [-0.2, -0.15) is 0 Å². The fourth-order valence-corrected chi connectivity index (χ4v) is 1.86. The Kier molecular flexibility index (Phi) is 5.54. The van der Waals surface area contributed by atoms with E-state index >= 15 is 0 Å². The molecule has 22 heavy (non-hydrogen) atoms. The number of ether oxygens (including phenoxy) is 1. The number of amides is 1. The number of hydrogen-bond acceptors (Lipinski definition) is 4. The van der Waals surface area contributed by atoms with Crippen LogP contribution in [0.1, 0.15) is 17.4 Å². The van der Waals surface area contributed by atoms with Crippen molar-refractivity contribution >= 4 is 17.3 Å². The van der Waals surface area contributed by atoms with E-state index in [4.69, 9.17) is 4.74 Å². The number of carbonyl (C=O) groups is 1. The molecule has 114 valence electrons. The van der Waals surface area contributed by atoms with Crippen molar-refractivity contribution in [1.82, 2.24) is 4.98 Å². The lowest BCUT2D eigenvalue weighted by molar-refractivity contribution is 0.102. The molecule has 0 bridgehead atoms. The van der Waals surface area contributed by atoms with Crippen LogP contribution in [0.3, 0.4) is 0 Å². The highest BCUT2D eigenvalue weighted by Gasteiger charge is 2.10. The first-order valence-electron chi connectivity index (χ1n) is 7.08. The Morgan fingerprint density at radius 2 is 2.14 bits per heavy atom. The molecule has 0 unspecified atom stereocenters. The summed E-state index contributed by atoms with van der Waals surface area (Å²) in [6, 6.07) is 10.8. The Morgan fingerprint density at radius 3 is 2.82 bits per heavy atom. The molecule has 1 aromatic carbocycles. The summed E-state index contributed by atoms with van der Waals surface area (Å²) in [7, 11) is 0. The van der Waals surface area contributed by atoms with E-state index in [0.29, 0.717) is 30.3 Å². The average molecular weight is 297 g/mol. The SMILES string of the molecule is C=CCNc1ccc(C(=O)Nc2ccccc2OCC)nc1. The second kappa shape index (κ2) is 7.83. The molecule has 2 N–H and O–H groups in total. The Hall–Kier alpha value is -2.82. The van der Waals surface area contributed by atoms with E-state index < -0.39 is 0 Å². The van der Waals surface area contributed by atoms with Gasteiger partial charge in [0.2, 0.25) is 0 Å². The quantitative estimate of drug-likeness (QED) is 0.769. The second-order valence-electron chi connectivity index (χ2n) is 4.48. The molecule has 0 saturated carbocycles. The lowest BCUT2D eigenvalue weighted by Gasteiger charge is -2.11. The van der Waals surface area contributed by atoms with Gasteiger partial charge >= 0.3 is 0 Å². The van der Waals surface area contributed by atoms with Crippen LogP contribution in [-0.2, 0) is 0 Å². The lowest BCUT2D eigenvalue weighted by Crippen LogP contribution is -2.14. The third-order valence-corrected chi connectivity index (χ3v) is 2.88. The van der Waals surface area contributed by atoms with E-state index in [1.54, 1.807) is 30.5 Å². The Labute approximate surface area is 130 Å². The van der Waals surface area contributed by atoms with Gasteiger partial charge in [0.15, 0.2) is 0 Å². The molecule has 5 heteroatoms. The summed E-state index contributed by atoms with van der Waals surface area (Å²) >= 11 is 0. The van der Waals surface area contributed by atoms with E-state index in [0.717, 1.165) is 5.69 Å². The maximum absolute atomic E-state index is 12.2. The minimum atomic E-state index is -0.276. The van der Waals surface area contributed by atoms with Gasteiger partial charge < -0.3 is 15.4 Å². The molecule has 2 rings (SSSR count). The van der Waals surface area contributed by atoms with Crippen molar-refractivity contribution < 1.29 is 9.53 Å². The summed E-state index contributed by atoms with van der Waals surface area (Å²) in [5.74, 6) is 0.366. The number of aromatic nitrogens is 1. The molecule has 0 aliphatic carbocycles. The van der Waals surface area contributed by atoms with E-state index in [2.05, 4.69) is 22.2 Å². The molecule has 1 heterocycles. The van der Waals surface area contributed by atoms with Gasteiger partial charge in [-0.3, -0.25) is 4.79 Å².